The Kier molecular flexibility index (Phi) is 6.71. The SMILES string of the molecule is CC(C)c1ccc(OOC(C)(C)C)c(OOC(C)(C)C)c1C(C)C. The van der Waals surface area contributed by atoms with Crippen molar-refractivity contribution in [2.75, 3.05) is 0 Å². The summed E-state index contributed by atoms with van der Waals surface area (Å²) in [6.45, 7) is 20.3. The third kappa shape index (κ3) is 6.33. The summed E-state index contributed by atoms with van der Waals surface area (Å²) >= 11 is 0. The maximum atomic E-state index is 5.75. The van der Waals surface area contributed by atoms with Crippen LogP contribution in [-0.2, 0) is 9.78 Å². The van der Waals surface area contributed by atoms with Gasteiger partial charge in [-0.3, -0.25) is 0 Å². The Morgan fingerprint density at radius 3 is 1.62 bits per heavy atom. The van der Waals surface area contributed by atoms with Crippen molar-refractivity contribution in [1.82, 2.24) is 0 Å². The zero-order valence-electron chi connectivity index (χ0n) is 16.9. The molecule has 1 rings (SSSR count). The van der Waals surface area contributed by atoms with Gasteiger partial charge < -0.3 is 9.78 Å². The quantitative estimate of drug-likeness (QED) is 0.460. The van der Waals surface area contributed by atoms with Crippen molar-refractivity contribution in [1.29, 1.82) is 0 Å². The maximum Gasteiger partial charge on any atom is 0.215 e. The van der Waals surface area contributed by atoms with E-state index in [1.54, 1.807) is 0 Å². The van der Waals surface area contributed by atoms with Gasteiger partial charge in [0.1, 0.15) is 11.2 Å². The van der Waals surface area contributed by atoms with Gasteiger partial charge in [-0.1, -0.05) is 33.8 Å². The van der Waals surface area contributed by atoms with Gasteiger partial charge in [-0.25, -0.2) is 0 Å². The summed E-state index contributed by atoms with van der Waals surface area (Å²) in [5.41, 5.74) is 1.46. The van der Waals surface area contributed by atoms with Crippen molar-refractivity contribution in [2.45, 2.75) is 92.3 Å². The topological polar surface area (TPSA) is 36.9 Å². The second kappa shape index (κ2) is 7.75. The highest BCUT2D eigenvalue weighted by molar-refractivity contribution is 5.52. The smallest absolute Gasteiger partial charge is 0.215 e. The number of hydrogen-bond acceptors (Lipinski definition) is 4. The molecule has 0 aliphatic heterocycles. The first-order chi connectivity index (χ1) is 10.8. The molecule has 0 N–H and O–H groups in total. The first-order valence-electron chi connectivity index (χ1n) is 8.70. The van der Waals surface area contributed by atoms with Crippen LogP contribution in [0.2, 0.25) is 0 Å². The molecule has 0 atom stereocenters. The molecule has 4 nitrogen and oxygen atoms in total. The van der Waals surface area contributed by atoms with E-state index in [9.17, 15) is 0 Å². The molecule has 0 saturated heterocycles. The molecule has 24 heavy (non-hydrogen) atoms. The molecule has 0 aromatic heterocycles. The fraction of sp³-hybridized carbons (Fsp3) is 0.700. The number of benzene rings is 1. The van der Waals surface area contributed by atoms with Crippen LogP contribution in [0.4, 0.5) is 0 Å². The molecule has 0 radical (unpaired) electrons. The van der Waals surface area contributed by atoms with Crippen molar-refractivity contribution < 1.29 is 19.6 Å². The van der Waals surface area contributed by atoms with Crippen LogP contribution in [0.1, 0.15) is 92.2 Å². The van der Waals surface area contributed by atoms with E-state index >= 15 is 0 Å². The summed E-state index contributed by atoms with van der Waals surface area (Å²) in [4.78, 5) is 22.4. The Bertz CT molecular complexity index is 534. The Morgan fingerprint density at radius 1 is 0.708 bits per heavy atom. The molecule has 0 heterocycles. The minimum Gasteiger partial charge on any atom is -0.333 e. The van der Waals surface area contributed by atoms with E-state index in [4.69, 9.17) is 19.6 Å². The monoisotopic (exact) mass is 338 g/mol. The van der Waals surface area contributed by atoms with Crippen LogP contribution in [0.3, 0.4) is 0 Å². The summed E-state index contributed by atoms with van der Waals surface area (Å²) in [6, 6.07) is 3.96. The Labute approximate surface area is 147 Å². The van der Waals surface area contributed by atoms with Gasteiger partial charge in [0.25, 0.3) is 0 Å². The van der Waals surface area contributed by atoms with Crippen molar-refractivity contribution in [2.24, 2.45) is 0 Å². The van der Waals surface area contributed by atoms with Gasteiger partial charge in [0.15, 0.2) is 0 Å². The third-order valence-corrected chi connectivity index (χ3v) is 3.15. The third-order valence-electron chi connectivity index (χ3n) is 3.15. The Balaban J connectivity index is 3.33. The first kappa shape index (κ1) is 20.8. The minimum absolute atomic E-state index is 0.263. The van der Waals surface area contributed by atoms with Crippen LogP contribution in [0, 0.1) is 0 Å². The van der Waals surface area contributed by atoms with Crippen LogP contribution in [0.25, 0.3) is 0 Å². The molecule has 1 aromatic rings. The Hall–Kier alpha value is -1.26. The van der Waals surface area contributed by atoms with E-state index in [0.29, 0.717) is 17.4 Å². The van der Waals surface area contributed by atoms with Gasteiger partial charge >= 0.3 is 0 Å². The Morgan fingerprint density at radius 2 is 1.21 bits per heavy atom. The summed E-state index contributed by atoms with van der Waals surface area (Å²) in [7, 11) is 0. The van der Waals surface area contributed by atoms with E-state index < -0.39 is 11.2 Å². The largest absolute Gasteiger partial charge is 0.333 e. The predicted molar refractivity (Wildman–Crippen MR) is 97.6 cm³/mol. The first-order valence-corrected chi connectivity index (χ1v) is 8.70. The minimum atomic E-state index is -0.426. The van der Waals surface area contributed by atoms with Crippen molar-refractivity contribution in [3.8, 4) is 11.5 Å². The van der Waals surface area contributed by atoms with Crippen molar-refractivity contribution in [3.05, 3.63) is 23.3 Å². The molecule has 0 aliphatic carbocycles. The number of rotatable bonds is 6. The summed E-state index contributed by atoms with van der Waals surface area (Å²) in [6.07, 6.45) is 0. The zero-order chi connectivity index (χ0) is 18.7. The summed E-state index contributed by atoms with van der Waals surface area (Å²) in [5.74, 6) is 1.76. The van der Waals surface area contributed by atoms with E-state index in [0.717, 1.165) is 5.56 Å². The summed E-state index contributed by atoms with van der Waals surface area (Å²) in [5, 5.41) is 0. The lowest BCUT2D eigenvalue weighted by molar-refractivity contribution is -0.292. The van der Waals surface area contributed by atoms with E-state index in [2.05, 4.69) is 33.8 Å². The van der Waals surface area contributed by atoms with Crippen molar-refractivity contribution >= 4 is 0 Å². The highest BCUT2D eigenvalue weighted by Crippen LogP contribution is 2.42. The molecular weight excluding hydrogens is 304 g/mol. The van der Waals surface area contributed by atoms with Gasteiger partial charge in [-0.15, -0.1) is 0 Å². The van der Waals surface area contributed by atoms with Crippen LogP contribution in [-0.4, -0.2) is 11.2 Å². The molecule has 0 unspecified atom stereocenters. The summed E-state index contributed by atoms with van der Waals surface area (Å²) < 4.78 is 0. The molecule has 138 valence electrons. The average molecular weight is 338 g/mol. The van der Waals surface area contributed by atoms with Gasteiger partial charge in [0.05, 0.1) is 0 Å². The van der Waals surface area contributed by atoms with Gasteiger partial charge in [0.2, 0.25) is 11.5 Å². The second-order valence-electron chi connectivity index (χ2n) is 8.76. The lowest BCUT2D eigenvalue weighted by Gasteiger charge is -2.25. The second-order valence-corrected chi connectivity index (χ2v) is 8.76. The van der Waals surface area contributed by atoms with Crippen LogP contribution in [0.5, 0.6) is 11.5 Å². The molecule has 4 heteroatoms. The van der Waals surface area contributed by atoms with Gasteiger partial charge in [0, 0.05) is 5.56 Å². The molecular formula is C20H34O4. The van der Waals surface area contributed by atoms with E-state index in [-0.39, 0.29) is 5.92 Å². The molecule has 0 spiro atoms. The fourth-order valence-corrected chi connectivity index (χ4v) is 2.18. The lowest BCUT2D eigenvalue weighted by atomic mass is 9.89. The average Bonchev–Trinajstić information content (AvgIpc) is 2.40. The normalized spacial score (nSPS) is 12.8. The molecule has 0 saturated carbocycles. The molecule has 1 aromatic carbocycles. The molecule has 0 aliphatic rings. The maximum absolute atomic E-state index is 5.75. The zero-order valence-corrected chi connectivity index (χ0v) is 16.9. The molecule has 0 amide bonds. The molecule has 0 fully saturated rings. The highest BCUT2D eigenvalue weighted by Gasteiger charge is 2.25. The highest BCUT2D eigenvalue weighted by atomic mass is 17.2. The lowest BCUT2D eigenvalue weighted by Crippen LogP contribution is -2.24. The van der Waals surface area contributed by atoms with Crippen LogP contribution >= 0.6 is 0 Å². The fourth-order valence-electron chi connectivity index (χ4n) is 2.18. The number of hydrogen-bond donors (Lipinski definition) is 0. The van der Waals surface area contributed by atoms with Crippen LogP contribution < -0.4 is 9.78 Å². The van der Waals surface area contributed by atoms with E-state index in [1.807, 2.05) is 47.6 Å². The van der Waals surface area contributed by atoms with Crippen molar-refractivity contribution in [3.63, 3.8) is 0 Å². The molecule has 0 bridgehead atoms. The van der Waals surface area contributed by atoms with E-state index in [1.165, 1.54) is 5.56 Å². The van der Waals surface area contributed by atoms with Gasteiger partial charge in [-0.2, -0.15) is 9.78 Å². The van der Waals surface area contributed by atoms with Crippen LogP contribution in [0.15, 0.2) is 12.1 Å². The standard InChI is InChI=1S/C20H34O4/c1-13(2)15-11-12-16(21-23-19(5,6)7)18(17(15)14(3)4)22-24-20(8,9)10/h11-14H,1-10H3. The van der Waals surface area contributed by atoms with Gasteiger partial charge in [-0.05, 0) is 65.0 Å². The predicted octanol–water partition coefficient (Wildman–Crippen LogP) is 6.15.